The van der Waals surface area contributed by atoms with E-state index in [9.17, 15) is 14.7 Å². The minimum absolute atomic E-state index is 0.193. The van der Waals surface area contributed by atoms with Crippen LogP contribution in [0, 0.1) is 0 Å². The largest absolute Gasteiger partial charge is 0.489 e. The molecule has 0 bridgehead atoms. The van der Waals surface area contributed by atoms with Crippen molar-refractivity contribution >= 4 is 56.3 Å². The molecule has 2 fully saturated rings. The van der Waals surface area contributed by atoms with Crippen molar-refractivity contribution < 1.29 is 24.3 Å². The van der Waals surface area contributed by atoms with Gasteiger partial charge in [-0.2, -0.15) is 5.06 Å². The molecular weight excluding hydrogens is 511 g/mol. The molecule has 1 aromatic heterocycles. The van der Waals surface area contributed by atoms with Crippen molar-refractivity contribution in [1.82, 2.24) is 10.4 Å². The average Bonchev–Trinajstić information content (AvgIpc) is 3.32. The molecule has 184 valence electrons. The molecule has 2 aromatic carbocycles. The Balaban J connectivity index is 1.34. The number of ether oxygens (including phenoxy) is 1. The van der Waals surface area contributed by atoms with Gasteiger partial charge in [0.15, 0.2) is 0 Å². The lowest BCUT2D eigenvalue weighted by molar-refractivity contribution is -0.129. The Bertz CT molecular complexity index is 1260. The summed E-state index contributed by atoms with van der Waals surface area (Å²) >= 11 is 13.6. The zero-order valence-electron chi connectivity index (χ0n) is 18.7. The van der Waals surface area contributed by atoms with E-state index in [1.54, 1.807) is 47.5 Å². The lowest BCUT2D eigenvalue weighted by Crippen LogP contribution is -2.48. The topological polar surface area (TPSA) is 88.1 Å². The highest BCUT2D eigenvalue weighted by Crippen LogP contribution is 2.34. The summed E-state index contributed by atoms with van der Waals surface area (Å²) in [7, 11) is 0. The second-order valence-corrected chi connectivity index (χ2v) is 10.7. The van der Waals surface area contributed by atoms with Crippen molar-refractivity contribution in [2.75, 3.05) is 19.7 Å². The van der Waals surface area contributed by atoms with Crippen LogP contribution in [-0.2, 0) is 9.63 Å². The Morgan fingerprint density at radius 2 is 2.03 bits per heavy atom. The number of benzene rings is 2. The first-order chi connectivity index (χ1) is 16.9. The van der Waals surface area contributed by atoms with Gasteiger partial charge in [-0.1, -0.05) is 35.3 Å². The summed E-state index contributed by atoms with van der Waals surface area (Å²) in [6, 6.07) is 11.2. The van der Waals surface area contributed by atoms with E-state index in [4.69, 9.17) is 32.8 Å². The van der Waals surface area contributed by atoms with Gasteiger partial charge in [-0.25, -0.2) is 0 Å². The van der Waals surface area contributed by atoms with E-state index in [0.717, 1.165) is 29.3 Å². The van der Waals surface area contributed by atoms with Crippen LogP contribution in [0.25, 0.3) is 10.1 Å². The fourth-order valence-corrected chi connectivity index (χ4v) is 5.45. The van der Waals surface area contributed by atoms with Crippen LogP contribution < -0.4 is 10.1 Å². The van der Waals surface area contributed by atoms with E-state index in [2.05, 4.69) is 5.32 Å². The number of halogens is 2. The number of thiophene rings is 1. The van der Waals surface area contributed by atoms with Crippen molar-refractivity contribution in [3.8, 4) is 5.75 Å². The van der Waals surface area contributed by atoms with Crippen LogP contribution in [0.15, 0.2) is 42.5 Å². The first kappa shape index (κ1) is 24.5. The smallest absolute Gasteiger partial charge is 0.293 e. The second kappa shape index (κ2) is 10.4. The summed E-state index contributed by atoms with van der Waals surface area (Å²) in [4.78, 5) is 31.8. The van der Waals surface area contributed by atoms with Gasteiger partial charge in [0.05, 0.1) is 28.7 Å². The third-order valence-corrected chi connectivity index (χ3v) is 7.58. The Morgan fingerprint density at radius 1 is 1.20 bits per heavy atom. The predicted molar refractivity (Wildman–Crippen MR) is 135 cm³/mol. The van der Waals surface area contributed by atoms with Gasteiger partial charge in [-0.3, -0.25) is 14.4 Å². The van der Waals surface area contributed by atoms with E-state index in [-0.39, 0.29) is 12.6 Å². The third-order valence-electron chi connectivity index (χ3n) is 5.95. The Hall–Kier alpha value is -2.20. The van der Waals surface area contributed by atoms with E-state index in [1.807, 2.05) is 0 Å². The minimum Gasteiger partial charge on any atom is -0.489 e. The zero-order chi connectivity index (χ0) is 24.5. The number of Topliss-reactive ketones (excluding diaryl/α,β-unsaturated/α-hetero) is 1. The molecular formula is C25H24Cl2N2O5S. The number of hydrogen-bond donors (Lipinski definition) is 2. The van der Waals surface area contributed by atoms with Crippen LogP contribution in [0.2, 0.25) is 10.0 Å². The number of nitrogens with zero attached hydrogens (tertiary/aromatic N) is 1. The first-order valence-corrected chi connectivity index (χ1v) is 13.0. The zero-order valence-corrected chi connectivity index (χ0v) is 21.0. The molecule has 1 saturated heterocycles. The number of hydroxylamine groups is 2. The number of hydrogen-bond acceptors (Lipinski definition) is 7. The Morgan fingerprint density at radius 3 is 2.74 bits per heavy atom. The summed E-state index contributed by atoms with van der Waals surface area (Å²) in [5.74, 6) is -0.910. The number of amides is 1. The number of nitrogens with one attached hydrogen (secondary N) is 1. The number of rotatable bonds is 9. The van der Waals surface area contributed by atoms with Crippen molar-refractivity contribution in [1.29, 1.82) is 0 Å². The number of carbonyl (C=O) groups excluding carboxylic acids is 2. The van der Waals surface area contributed by atoms with Crippen molar-refractivity contribution in [2.24, 2.45) is 0 Å². The molecule has 2 aliphatic rings. The van der Waals surface area contributed by atoms with Gasteiger partial charge < -0.3 is 15.2 Å². The number of carbonyl (C=O) groups is 2. The van der Waals surface area contributed by atoms with Gasteiger partial charge in [-0.15, -0.1) is 11.3 Å². The maximum absolute atomic E-state index is 13.0. The second-order valence-electron chi connectivity index (χ2n) is 8.73. The normalized spacial score (nSPS) is 17.9. The molecule has 2 heterocycles. The minimum atomic E-state index is -1.12. The number of ketones is 1. The van der Waals surface area contributed by atoms with Crippen LogP contribution in [0.5, 0.6) is 5.75 Å². The lowest BCUT2D eigenvalue weighted by atomic mass is 10.0. The summed E-state index contributed by atoms with van der Waals surface area (Å²) < 4.78 is 6.59. The van der Waals surface area contributed by atoms with Crippen LogP contribution in [0.3, 0.4) is 0 Å². The van der Waals surface area contributed by atoms with Gasteiger partial charge >= 0.3 is 0 Å². The van der Waals surface area contributed by atoms with E-state index < -0.39 is 23.8 Å². The highest BCUT2D eigenvalue weighted by Gasteiger charge is 2.31. The molecule has 1 aliphatic carbocycles. The van der Waals surface area contributed by atoms with Gasteiger partial charge in [0.1, 0.15) is 11.9 Å². The Kier molecular flexibility index (Phi) is 7.29. The number of aliphatic hydroxyl groups excluding tert-OH is 1. The van der Waals surface area contributed by atoms with Crippen LogP contribution >= 0.6 is 34.5 Å². The summed E-state index contributed by atoms with van der Waals surface area (Å²) in [5.41, 5.74) is 0.506. The molecule has 2 atom stereocenters. The standard InChI is InChI=1S/C25H24Cl2N2O5S/c26-16-4-2-14-11-22(35-21(14)12-16)24(31)25(32)28-19(13-29-8-1-9-33-29)23(30)15-3-7-20(18(27)10-15)34-17-5-6-17/h2-4,7,10-12,17,19,23,30H,1,5-6,8-9,13H2,(H,28,32)/t19-,23-/m1/s1. The van der Waals surface area contributed by atoms with Crippen molar-refractivity contribution in [3.05, 3.63) is 63.0 Å². The highest BCUT2D eigenvalue weighted by molar-refractivity contribution is 7.21. The third kappa shape index (κ3) is 5.80. The van der Waals surface area contributed by atoms with E-state index in [0.29, 0.717) is 39.4 Å². The molecule has 2 N–H and O–H groups in total. The summed E-state index contributed by atoms with van der Waals surface area (Å²) in [6.45, 7) is 1.44. The molecule has 0 spiro atoms. The molecule has 5 rings (SSSR count). The highest BCUT2D eigenvalue weighted by atomic mass is 35.5. The quantitative estimate of drug-likeness (QED) is 0.303. The van der Waals surface area contributed by atoms with Gasteiger partial charge in [0, 0.05) is 22.8 Å². The SMILES string of the molecule is O=C(N[C@H](CN1CCCO1)[C@H](O)c1ccc(OC2CC2)c(Cl)c1)C(=O)c1cc2ccc(Cl)cc2s1. The Labute approximate surface area is 216 Å². The lowest BCUT2D eigenvalue weighted by Gasteiger charge is -2.28. The fraction of sp³-hybridized carbons (Fsp3) is 0.360. The molecule has 35 heavy (non-hydrogen) atoms. The fourth-order valence-electron chi connectivity index (χ4n) is 3.94. The molecule has 7 nitrogen and oxygen atoms in total. The van der Waals surface area contributed by atoms with E-state index in [1.165, 1.54) is 11.3 Å². The monoisotopic (exact) mass is 534 g/mol. The van der Waals surface area contributed by atoms with E-state index >= 15 is 0 Å². The molecule has 3 aromatic rings. The summed E-state index contributed by atoms with van der Waals surface area (Å²) in [6.07, 6.45) is 1.93. The molecule has 1 aliphatic heterocycles. The molecule has 0 radical (unpaired) electrons. The molecule has 10 heteroatoms. The van der Waals surface area contributed by atoms with Crippen LogP contribution in [-0.4, -0.2) is 53.7 Å². The van der Waals surface area contributed by atoms with Gasteiger partial charge in [0.2, 0.25) is 0 Å². The first-order valence-electron chi connectivity index (χ1n) is 11.4. The maximum Gasteiger partial charge on any atom is 0.293 e. The molecule has 1 saturated carbocycles. The number of aliphatic hydroxyl groups is 1. The van der Waals surface area contributed by atoms with Gasteiger partial charge in [0.25, 0.3) is 11.7 Å². The number of fused-ring (bicyclic) bond motifs is 1. The predicted octanol–water partition coefficient (Wildman–Crippen LogP) is 4.79. The van der Waals surface area contributed by atoms with Crippen LogP contribution in [0.1, 0.15) is 40.6 Å². The summed E-state index contributed by atoms with van der Waals surface area (Å²) in [5, 5.41) is 17.4. The molecule has 0 unspecified atom stereocenters. The average molecular weight is 535 g/mol. The maximum atomic E-state index is 13.0. The van der Waals surface area contributed by atoms with Crippen molar-refractivity contribution in [3.63, 3.8) is 0 Å². The van der Waals surface area contributed by atoms with Crippen LogP contribution in [0.4, 0.5) is 0 Å². The van der Waals surface area contributed by atoms with Gasteiger partial charge in [-0.05, 0) is 60.5 Å². The van der Waals surface area contributed by atoms with Crippen molar-refractivity contribution in [2.45, 2.75) is 37.5 Å². The molecule has 1 amide bonds.